The molecule has 0 spiro atoms. The molecule has 0 unspecified atom stereocenters. The number of Topliss-reactive ketones (excluding diaryl/α,β-unsaturated/α-hetero) is 1. The summed E-state index contributed by atoms with van der Waals surface area (Å²) in [5, 5.41) is 0.366. The zero-order valence-corrected chi connectivity index (χ0v) is 10.5. The fraction of sp³-hybridized carbons (Fsp3) is 0.154. The Hall–Kier alpha value is -1.88. The van der Waals surface area contributed by atoms with Gasteiger partial charge in [-0.25, -0.2) is 4.79 Å². The summed E-state index contributed by atoms with van der Waals surface area (Å²) >= 11 is 3.71. The monoisotopic (exact) mass is 262 g/mol. The molecule has 0 amide bonds. The van der Waals surface area contributed by atoms with Crippen LogP contribution in [0.2, 0.25) is 0 Å². The number of hydrogen-bond acceptors (Lipinski definition) is 4. The van der Waals surface area contributed by atoms with Crippen LogP contribution in [0.25, 0.3) is 11.0 Å². The number of benzene rings is 1. The van der Waals surface area contributed by atoms with E-state index in [0.29, 0.717) is 11.0 Å². The summed E-state index contributed by atoms with van der Waals surface area (Å²) in [7, 11) is 0. The number of fused-ring (bicyclic) bond motifs is 1. The molecule has 0 saturated heterocycles. The van der Waals surface area contributed by atoms with Crippen LogP contribution < -0.4 is 5.63 Å². The summed E-state index contributed by atoms with van der Waals surface area (Å²) in [6, 6.07) is 6.48. The van der Waals surface area contributed by atoms with E-state index in [1.807, 2.05) is 0 Å². The molecule has 1 aromatic heterocycles. The highest BCUT2D eigenvalue weighted by Gasteiger charge is 2.10. The second-order valence-corrected chi connectivity index (χ2v) is 4.45. The number of carbonyl (C=O) groups excluding carboxylic acids is 2. The van der Waals surface area contributed by atoms with Crippen LogP contribution in [0.5, 0.6) is 0 Å². The van der Waals surface area contributed by atoms with Gasteiger partial charge in [-0.1, -0.05) is 6.07 Å². The molecule has 0 aliphatic heterocycles. The zero-order chi connectivity index (χ0) is 13.3. The van der Waals surface area contributed by atoms with E-state index in [9.17, 15) is 14.4 Å². The van der Waals surface area contributed by atoms with Crippen LogP contribution in [0.4, 0.5) is 0 Å². The molecule has 4 nitrogen and oxygen atoms in total. The topological polar surface area (TPSA) is 64.3 Å². The number of rotatable bonds is 3. The Morgan fingerprint density at radius 1 is 1.28 bits per heavy atom. The van der Waals surface area contributed by atoms with Crippen LogP contribution in [0.3, 0.4) is 0 Å². The van der Waals surface area contributed by atoms with Crippen LogP contribution in [-0.4, -0.2) is 10.9 Å². The van der Waals surface area contributed by atoms with Gasteiger partial charge in [0.25, 0.3) is 0 Å². The number of thiol groups is 1. The van der Waals surface area contributed by atoms with Crippen molar-refractivity contribution in [1.82, 2.24) is 0 Å². The zero-order valence-electron chi connectivity index (χ0n) is 9.60. The van der Waals surface area contributed by atoms with Crippen LogP contribution in [0.1, 0.15) is 22.8 Å². The molecule has 0 aliphatic rings. The molecule has 0 aliphatic carbocycles. The minimum absolute atomic E-state index is 0.0110. The minimum atomic E-state index is -0.645. The van der Waals surface area contributed by atoms with Gasteiger partial charge in [0.2, 0.25) is 0 Å². The molecule has 1 heterocycles. The van der Waals surface area contributed by atoms with E-state index in [-0.39, 0.29) is 22.9 Å². The van der Waals surface area contributed by atoms with E-state index in [2.05, 4.69) is 12.6 Å². The molecule has 18 heavy (non-hydrogen) atoms. The van der Waals surface area contributed by atoms with E-state index in [4.69, 9.17) is 4.42 Å². The summed E-state index contributed by atoms with van der Waals surface area (Å²) in [6.45, 7) is 1.30. The summed E-state index contributed by atoms with van der Waals surface area (Å²) in [5.74, 6) is -0.346. The van der Waals surface area contributed by atoms with E-state index in [0.717, 1.165) is 5.56 Å². The van der Waals surface area contributed by atoms with Crippen molar-refractivity contribution in [2.45, 2.75) is 13.3 Å². The predicted molar refractivity (Wildman–Crippen MR) is 70.2 cm³/mol. The second-order valence-electron chi connectivity index (χ2n) is 3.95. The average molecular weight is 262 g/mol. The van der Waals surface area contributed by atoms with Crippen molar-refractivity contribution in [3.63, 3.8) is 0 Å². The number of ketones is 1. The highest BCUT2D eigenvalue weighted by atomic mass is 32.1. The smallest absolute Gasteiger partial charge is 0.347 e. The van der Waals surface area contributed by atoms with E-state index < -0.39 is 5.63 Å². The van der Waals surface area contributed by atoms with E-state index >= 15 is 0 Å². The Labute approximate surface area is 108 Å². The van der Waals surface area contributed by atoms with Crippen molar-refractivity contribution >= 4 is 34.5 Å². The molecule has 5 heteroatoms. The van der Waals surface area contributed by atoms with Crippen molar-refractivity contribution in [2.75, 3.05) is 0 Å². The molecule has 2 rings (SSSR count). The van der Waals surface area contributed by atoms with E-state index in [1.54, 1.807) is 18.2 Å². The number of hydrogen-bond donors (Lipinski definition) is 1. The molecular formula is C13H10O4S. The molecule has 0 saturated carbocycles. The summed E-state index contributed by atoms with van der Waals surface area (Å²) in [4.78, 5) is 33.6. The highest BCUT2D eigenvalue weighted by molar-refractivity contribution is 7.96. The Morgan fingerprint density at radius 2 is 2.00 bits per heavy atom. The molecule has 0 fully saturated rings. The third kappa shape index (κ3) is 2.51. The van der Waals surface area contributed by atoms with Crippen molar-refractivity contribution in [3.8, 4) is 0 Å². The summed E-state index contributed by atoms with van der Waals surface area (Å²) in [6.07, 6.45) is 0.188. The van der Waals surface area contributed by atoms with Crippen molar-refractivity contribution < 1.29 is 14.0 Å². The molecule has 0 radical (unpaired) electrons. The van der Waals surface area contributed by atoms with Crippen molar-refractivity contribution in [1.29, 1.82) is 0 Å². The van der Waals surface area contributed by atoms with Gasteiger partial charge in [-0.15, -0.1) is 12.6 Å². The van der Waals surface area contributed by atoms with Crippen molar-refractivity contribution in [2.24, 2.45) is 0 Å². The molecule has 0 N–H and O–H groups in total. The Balaban J connectivity index is 2.61. The van der Waals surface area contributed by atoms with Gasteiger partial charge >= 0.3 is 5.63 Å². The van der Waals surface area contributed by atoms with Gasteiger partial charge in [0.05, 0.1) is 0 Å². The second kappa shape index (κ2) is 4.78. The van der Waals surface area contributed by atoms with Crippen molar-refractivity contribution in [3.05, 3.63) is 45.8 Å². The maximum atomic E-state index is 11.5. The van der Waals surface area contributed by atoms with Gasteiger partial charge < -0.3 is 4.42 Å². The lowest BCUT2D eigenvalue weighted by molar-refractivity contribution is -0.110. The summed E-state index contributed by atoms with van der Waals surface area (Å²) < 4.78 is 5.03. The maximum Gasteiger partial charge on any atom is 0.347 e. The van der Waals surface area contributed by atoms with Crippen LogP contribution in [0.15, 0.2) is 33.5 Å². The Morgan fingerprint density at radius 3 is 2.61 bits per heavy atom. The van der Waals surface area contributed by atoms with Crippen LogP contribution in [-0.2, 0) is 11.2 Å². The van der Waals surface area contributed by atoms with Gasteiger partial charge in [-0.05, 0) is 30.7 Å². The molecule has 2 aromatic rings. The molecule has 92 valence electrons. The lowest BCUT2D eigenvalue weighted by Gasteiger charge is -2.02. The highest BCUT2D eigenvalue weighted by Crippen LogP contribution is 2.16. The fourth-order valence-corrected chi connectivity index (χ4v) is 1.89. The Bertz CT molecular complexity index is 700. The summed E-state index contributed by atoms with van der Waals surface area (Å²) in [5.41, 5.74) is 0.510. The normalized spacial score (nSPS) is 10.6. The molecular weight excluding hydrogens is 252 g/mol. The lowest BCUT2D eigenvalue weighted by Crippen LogP contribution is -2.11. The van der Waals surface area contributed by atoms with Gasteiger partial charge in [0, 0.05) is 11.8 Å². The molecule has 0 atom stereocenters. The first-order valence-corrected chi connectivity index (χ1v) is 5.71. The minimum Gasteiger partial charge on any atom is -0.422 e. The largest absolute Gasteiger partial charge is 0.422 e. The SMILES string of the molecule is CC(=O)c1cc2cc(CC(=O)S)ccc2oc1=O. The van der Waals surface area contributed by atoms with Gasteiger partial charge in [-0.2, -0.15) is 0 Å². The van der Waals surface area contributed by atoms with Crippen LogP contribution >= 0.6 is 12.6 Å². The first-order valence-electron chi connectivity index (χ1n) is 5.27. The fourth-order valence-electron chi connectivity index (χ4n) is 1.70. The quantitative estimate of drug-likeness (QED) is 0.522. The third-order valence-electron chi connectivity index (χ3n) is 2.53. The standard InChI is InChI=1S/C13H10O4S/c1-7(14)10-6-9-4-8(5-12(15)18)2-3-11(9)17-13(10)16/h2-4,6H,5H2,1H3,(H,15,18). The average Bonchev–Trinajstić information content (AvgIpc) is 2.27. The predicted octanol–water partition coefficient (Wildman–Crippen LogP) is 1.99. The number of carbonyl (C=O) groups is 2. The lowest BCUT2D eigenvalue weighted by atomic mass is 10.1. The van der Waals surface area contributed by atoms with Gasteiger partial charge in [0.15, 0.2) is 10.9 Å². The Kier molecular flexibility index (Phi) is 3.34. The van der Waals surface area contributed by atoms with Crippen LogP contribution in [0, 0.1) is 0 Å². The van der Waals surface area contributed by atoms with Gasteiger partial charge in [0.1, 0.15) is 11.1 Å². The van der Waals surface area contributed by atoms with Gasteiger partial charge in [-0.3, -0.25) is 9.59 Å². The molecule has 0 bridgehead atoms. The maximum absolute atomic E-state index is 11.5. The first-order chi connectivity index (χ1) is 8.47. The first kappa shape index (κ1) is 12.6. The van der Waals surface area contributed by atoms with E-state index in [1.165, 1.54) is 13.0 Å². The molecule has 1 aromatic carbocycles. The third-order valence-corrected chi connectivity index (χ3v) is 2.69.